The molecular formula is C18H21BrFN. The molecule has 21 heavy (non-hydrogen) atoms. The van der Waals surface area contributed by atoms with Gasteiger partial charge in [0.2, 0.25) is 0 Å². The van der Waals surface area contributed by atoms with Crippen molar-refractivity contribution in [2.24, 2.45) is 0 Å². The molecule has 2 aromatic rings. The highest BCUT2D eigenvalue weighted by atomic mass is 79.9. The van der Waals surface area contributed by atoms with Crippen LogP contribution >= 0.6 is 15.9 Å². The first-order valence-electron chi connectivity index (χ1n) is 7.38. The van der Waals surface area contributed by atoms with E-state index in [0.717, 1.165) is 35.0 Å². The van der Waals surface area contributed by atoms with E-state index in [9.17, 15) is 4.39 Å². The first kappa shape index (κ1) is 16.0. The molecule has 0 bridgehead atoms. The van der Waals surface area contributed by atoms with Crippen molar-refractivity contribution in [2.75, 3.05) is 5.32 Å². The maximum Gasteiger partial charge on any atom is 0.123 e. The van der Waals surface area contributed by atoms with Crippen LogP contribution in [0, 0.1) is 12.7 Å². The van der Waals surface area contributed by atoms with Crippen molar-refractivity contribution in [3.63, 3.8) is 0 Å². The van der Waals surface area contributed by atoms with E-state index in [0.29, 0.717) is 0 Å². The molecule has 0 amide bonds. The molecular weight excluding hydrogens is 329 g/mol. The lowest BCUT2D eigenvalue weighted by molar-refractivity contribution is 0.616. The summed E-state index contributed by atoms with van der Waals surface area (Å²) in [4.78, 5) is 0. The van der Waals surface area contributed by atoms with E-state index in [1.807, 2.05) is 12.1 Å². The van der Waals surface area contributed by atoms with Crippen LogP contribution in [0.15, 0.2) is 46.9 Å². The maximum absolute atomic E-state index is 13.1. The van der Waals surface area contributed by atoms with Gasteiger partial charge in [0.25, 0.3) is 0 Å². The summed E-state index contributed by atoms with van der Waals surface area (Å²) in [6.45, 7) is 4.26. The number of rotatable bonds is 6. The zero-order valence-corrected chi connectivity index (χ0v) is 14.1. The van der Waals surface area contributed by atoms with Gasteiger partial charge >= 0.3 is 0 Å². The van der Waals surface area contributed by atoms with E-state index < -0.39 is 0 Å². The summed E-state index contributed by atoms with van der Waals surface area (Å²) in [7, 11) is 0. The van der Waals surface area contributed by atoms with Crippen molar-refractivity contribution in [2.45, 2.75) is 39.2 Å². The smallest absolute Gasteiger partial charge is 0.123 e. The van der Waals surface area contributed by atoms with E-state index in [4.69, 9.17) is 0 Å². The Bertz CT molecular complexity index is 580. The second-order valence-corrected chi connectivity index (χ2v) is 6.23. The van der Waals surface area contributed by atoms with Crippen molar-refractivity contribution in [3.8, 4) is 0 Å². The second-order valence-electron chi connectivity index (χ2n) is 5.37. The van der Waals surface area contributed by atoms with Gasteiger partial charge in [-0.25, -0.2) is 4.39 Å². The molecule has 1 N–H and O–H groups in total. The van der Waals surface area contributed by atoms with Crippen molar-refractivity contribution >= 4 is 21.6 Å². The van der Waals surface area contributed by atoms with E-state index in [1.165, 1.54) is 17.7 Å². The molecule has 0 spiro atoms. The average molecular weight is 350 g/mol. The van der Waals surface area contributed by atoms with Crippen LogP contribution in [0.4, 0.5) is 10.1 Å². The predicted molar refractivity (Wildman–Crippen MR) is 91.2 cm³/mol. The first-order valence-corrected chi connectivity index (χ1v) is 8.17. The van der Waals surface area contributed by atoms with Gasteiger partial charge in [0.1, 0.15) is 5.82 Å². The number of nitrogens with one attached hydrogen (secondary N) is 1. The highest BCUT2D eigenvalue weighted by molar-refractivity contribution is 9.10. The number of anilines is 1. The molecule has 1 unspecified atom stereocenters. The van der Waals surface area contributed by atoms with E-state index in [2.05, 4.69) is 53.3 Å². The molecule has 0 aliphatic heterocycles. The number of aryl methyl sites for hydroxylation is 1. The molecule has 0 aliphatic rings. The maximum atomic E-state index is 13.1. The van der Waals surface area contributed by atoms with Crippen LogP contribution in [0.1, 0.15) is 43.4 Å². The molecule has 2 aromatic carbocycles. The van der Waals surface area contributed by atoms with Gasteiger partial charge < -0.3 is 5.32 Å². The summed E-state index contributed by atoms with van der Waals surface area (Å²) in [5.41, 5.74) is 3.42. The van der Waals surface area contributed by atoms with Crippen molar-refractivity contribution in [1.29, 1.82) is 0 Å². The van der Waals surface area contributed by atoms with E-state index in [-0.39, 0.29) is 11.9 Å². The first-order chi connectivity index (χ1) is 10.1. The predicted octanol–water partition coefficient (Wildman–Crippen LogP) is 6.24. The van der Waals surface area contributed by atoms with Crippen LogP contribution in [0.5, 0.6) is 0 Å². The lowest BCUT2D eigenvalue weighted by Crippen LogP contribution is -2.11. The third-order valence-electron chi connectivity index (χ3n) is 3.57. The van der Waals surface area contributed by atoms with E-state index >= 15 is 0 Å². The molecule has 0 heterocycles. The fourth-order valence-corrected chi connectivity index (χ4v) is 2.96. The van der Waals surface area contributed by atoms with Gasteiger partial charge in [-0.05, 0) is 64.7 Å². The van der Waals surface area contributed by atoms with Crippen LogP contribution in [-0.2, 0) is 0 Å². The fourth-order valence-electron chi connectivity index (χ4n) is 2.35. The van der Waals surface area contributed by atoms with Crippen LogP contribution < -0.4 is 5.32 Å². The molecule has 112 valence electrons. The van der Waals surface area contributed by atoms with Crippen LogP contribution in [0.2, 0.25) is 0 Å². The summed E-state index contributed by atoms with van der Waals surface area (Å²) in [6.07, 6.45) is 3.31. The Hall–Kier alpha value is -1.35. The monoisotopic (exact) mass is 349 g/mol. The second kappa shape index (κ2) is 7.60. The Labute approximate surface area is 134 Å². The van der Waals surface area contributed by atoms with Gasteiger partial charge in [-0.1, -0.05) is 38.0 Å². The van der Waals surface area contributed by atoms with Crippen LogP contribution in [-0.4, -0.2) is 0 Å². The van der Waals surface area contributed by atoms with Crippen LogP contribution in [0.25, 0.3) is 0 Å². The standard InChI is InChI=1S/C18H21BrFN/c1-3-4-5-17(14-7-9-15(20)10-8-14)21-18-11-6-13(2)12-16(18)19/h6-12,17,21H,3-5H2,1-2H3. The Kier molecular flexibility index (Phi) is 5.80. The zero-order chi connectivity index (χ0) is 15.2. The molecule has 0 aliphatic carbocycles. The average Bonchev–Trinajstić information content (AvgIpc) is 2.46. The molecule has 0 saturated heterocycles. The number of unbranched alkanes of at least 4 members (excludes halogenated alkanes) is 1. The van der Waals surface area contributed by atoms with Gasteiger partial charge in [0, 0.05) is 10.2 Å². The molecule has 3 heteroatoms. The minimum atomic E-state index is -0.190. The van der Waals surface area contributed by atoms with Gasteiger partial charge in [0.15, 0.2) is 0 Å². The Morgan fingerprint density at radius 2 is 1.86 bits per heavy atom. The highest BCUT2D eigenvalue weighted by Gasteiger charge is 2.12. The van der Waals surface area contributed by atoms with Gasteiger partial charge in [-0.15, -0.1) is 0 Å². The number of hydrogen-bond acceptors (Lipinski definition) is 1. The molecule has 0 aromatic heterocycles. The van der Waals surface area contributed by atoms with Gasteiger partial charge in [-0.2, -0.15) is 0 Å². The summed E-state index contributed by atoms with van der Waals surface area (Å²) >= 11 is 3.61. The normalized spacial score (nSPS) is 12.2. The van der Waals surface area contributed by atoms with E-state index in [1.54, 1.807) is 0 Å². The van der Waals surface area contributed by atoms with Gasteiger partial charge in [-0.3, -0.25) is 0 Å². The summed E-state index contributed by atoms with van der Waals surface area (Å²) in [6, 6.07) is 13.3. The third kappa shape index (κ3) is 4.57. The lowest BCUT2D eigenvalue weighted by Gasteiger charge is -2.21. The van der Waals surface area contributed by atoms with Crippen molar-refractivity contribution in [1.82, 2.24) is 0 Å². The Morgan fingerprint density at radius 3 is 2.48 bits per heavy atom. The quantitative estimate of drug-likeness (QED) is 0.650. The summed E-state index contributed by atoms with van der Waals surface area (Å²) < 4.78 is 14.2. The summed E-state index contributed by atoms with van der Waals surface area (Å²) in [5.74, 6) is -0.190. The third-order valence-corrected chi connectivity index (χ3v) is 4.23. The summed E-state index contributed by atoms with van der Waals surface area (Å²) in [5, 5.41) is 3.58. The molecule has 2 rings (SSSR count). The minimum Gasteiger partial charge on any atom is -0.377 e. The Balaban J connectivity index is 2.21. The topological polar surface area (TPSA) is 12.0 Å². The largest absolute Gasteiger partial charge is 0.377 e. The number of benzene rings is 2. The number of halogens is 2. The minimum absolute atomic E-state index is 0.190. The van der Waals surface area contributed by atoms with Crippen molar-refractivity contribution < 1.29 is 4.39 Å². The fraction of sp³-hybridized carbons (Fsp3) is 0.333. The molecule has 1 nitrogen and oxygen atoms in total. The molecule has 0 saturated carbocycles. The van der Waals surface area contributed by atoms with Crippen molar-refractivity contribution in [3.05, 3.63) is 63.9 Å². The Morgan fingerprint density at radius 1 is 1.14 bits per heavy atom. The molecule has 1 atom stereocenters. The van der Waals surface area contributed by atoms with Gasteiger partial charge in [0.05, 0.1) is 6.04 Å². The SMILES string of the molecule is CCCCC(Nc1ccc(C)cc1Br)c1ccc(F)cc1. The number of hydrogen-bond donors (Lipinski definition) is 1. The van der Waals surface area contributed by atoms with Crippen LogP contribution in [0.3, 0.4) is 0 Å². The highest BCUT2D eigenvalue weighted by Crippen LogP contribution is 2.30. The molecule has 0 fully saturated rings. The molecule has 0 radical (unpaired) electrons. The lowest BCUT2D eigenvalue weighted by atomic mass is 10.0. The zero-order valence-electron chi connectivity index (χ0n) is 12.5.